The van der Waals surface area contributed by atoms with E-state index in [2.05, 4.69) is 0 Å². The molecule has 0 aliphatic carbocycles. The van der Waals surface area contributed by atoms with Gasteiger partial charge in [0.15, 0.2) is 0 Å². The summed E-state index contributed by atoms with van der Waals surface area (Å²) in [6, 6.07) is 4.98. The lowest BCUT2D eigenvalue weighted by atomic mass is 10.0. The average molecular weight is 307 g/mol. The summed E-state index contributed by atoms with van der Waals surface area (Å²) >= 11 is 1.42. The van der Waals surface area contributed by atoms with Crippen LogP contribution < -0.4 is 0 Å². The minimum atomic E-state index is -5.72. The van der Waals surface area contributed by atoms with Gasteiger partial charge in [-0.05, 0) is 15.9 Å². The third kappa shape index (κ3) is 2.05. The van der Waals surface area contributed by atoms with Gasteiger partial charge in [-0.3, -0.25) is 0 Å². The second kappa shape index (κ2) is 3.94. The molecule has 0 aliphatic rings. The predicted molar refractivity (Wildman–Crippen MR) is 49.2 cm³/mol. The summed E-state index contributed by atoms with van der Waals surface area (Å²) in [4.78, 5) is 0. The van der Waals surface area contributed by atoms with Crippen molar-refractivity contribution in [2.75, 3.05) is 0 Å². The summed E-state index contributed by atoms with van der Waals surface area (Å²) in [5.41, 5.74) is -1.05. The molecule has 0 aliphatic heterocycles. The van der Waals surface area contributed by atoms with Gasteiger partial charge in [0.1, 0.15) is 0 Å². The first kappa shape index (κ1) is 13.3. The number of benzene rings is 1. The van der Waals surface area contributed by atoms with Gasteiger partial charge in [0.2, 0.25) is 0 Å². The smallest absolute Gasteiger partial charge is 0.214 e. The van der Waals surface area contributed by atoms with Crippen LogP contribution in [0.4, 0.5) is 26.3 Å². The first-order valence-electron chi connectivity index (χ1n) is 3.98. The predicted octanol–water partition coefficient (Wildman–Crippen LogP) is 4.40. The fourth-order valence-corrected chi connectivity index (χ4v) is 1.24. The van der Waals surface area contributed by atoms with Crippen LogP contribution in [0.5, 0.6) is 0 Å². The van der Waals surface area contributed by atoms with Crippen LogP contribution >= 0.6 is 15.9 Å². The Hall–Kier alpha value is -0.720. The van der Waals surface area contributed by atoms with Crippen molar-refractivity contribution in [3.05, 3.63) is 35.9 Å². The standard InChI is InChI=1S/C9H5BrF6/c10-8(13,9(14,15)16)7(11,12)6-4-2-1-3-5-6/h1-5H. The van der Waals surface area contributed by atoms with Gasteiger partial charge in [0.25, 0.3) is 0 Å². The van der Waals surface area contributed by atoms with Crippen molar-refractivity contribution in [2.45, 2.75) is 16.7 Å². The van der Waals surface area contributed by atoms with Crippen LogP contribution in [-0.2, 0) is 5.92 Å². The van der Waals surface area contributed by atoms with Crippen LogP contribution in [0.3, 0.4) is 0 Å². The Balaban J connectivity index is 3.22. The van der Waals surface area contributed by atoms with Crippen LogP contribution in [0.25, 0.3) is 0 Å². The first-order chi connectivity index (χ1) is 7.11. The first-order valence-corrected chi connectivity index (χ1v) is 4.78. The molecule has 0 saturated carbocycles. The fraction of sp³-hybridized carbons (Fsp3) is 0.333. The molecule has 0 spiro atoms. The van der Waals surface area contributed by atoms with Gasteiger partial charge in [-0.2, -0.15) is 22.0 Å². The van der Waals surface area contributed by atoms with E-state index in [9.17, 15) is 26.3 Å². The Bertz CT molecular complexity index is 356. The van der Waals surface area contributed by atoms with Crippen LogP contribution in [-0.4, -0.2) is 10.8 Å². The highest BCUT2D eigenvalue weighted by Crippen LogP contribution is 2.54. The van der Waals surface area contributed by atoms with Gasteiger partial charge < -0.3 is 0 Å². The Kier molecular flexibility index (Phi) is 3.29. The normalized spacial score (nSPS) is 16.9. The number of hydrogen-bond acceptors (Lipinski definition) is 0. The second-order valence-electron chi connectivity index (χ2n) is 3.01. The second-order valence-corrected chi connectivity index (χ2v) is 4.11. The molecule has 1 unspecified atom stereocenters. The molecule has 1 aromatic rings. The molecule has 0 fully saturated rings. The largest absolute Gasteiger partial charge is 0.439 e. The fourth-order valence-electron chi connectivity index (χ4n) is 1.01. The Morgan fingerprint density at radius 1 is 0.812 bits per heavy atom. The zero-order chi connectivity index (χ0) is 12.6. The molecule has 16 heavy (non-hydrogen) atoms. The lowest BCUT2D eigenvalue weighted by Crippen LogP contribution is -2.48. The Labute approximate surface area is 95.4 Å². The molecular formula is C9H5BrF6. The van der Waals surface area contributed by atoms with Crippen molar-refractivity contribution >= 4 is 15.9 Å². The van der Waals surface area contributed by atoms with Crippen LogP contribution in [0.1, 0.15) is 5.56 Å². The van der Waals surface area contributed by atoms with Crippen molar-refractivity contribution < 1.29 is 26.3 Å². The number of hydrogen-bond donors (Lipinski definition) is 0. The van der Waals surface area contributed by atoms with E-state index < -0.39 is 22.2 Å². The molecule has 0 amide bonds. The summed E-state index contributed by atoms with van der Waals surface area (Å²) in [5.74, 6) is -4.70. The summed E-state index contributed by atoms with van der Waals surface area (Å²) in [6.07, 6.45) is -5.72. The zero-order valence-electron chi connectivity index (χ0n) is 7.53. The van der Waals surface area contributed by atoms with Crippen molar-refractivity contribution in [3.63, 3.8) is 0 Å². The molecule has 1 aromatic carbocycles. The maximum Gasteiger partial charge on any atom is 0.439 e. The van der Waals surface area contributed by atoms with E-state index in [1.807, 2.05) is 0 Å². The number of halogens is 7. The van der Waals surface area contributed by atoms with Crippen molar-refractivity contribution in [3.8, 4) is 0 Å². The Morgan fingerprint density at radius 2 is 1.25 bits per heavy atom. The lowest BCUT2D eigenvalue weighted by Gasteiger charge is -2.30. The topological polar surface area (TPSA) is 0 Å². The van der Waals surface area contributed by atoms with E-state index in [0.717, 1.165) is 24.3 Å². The zero-order valence-corrected chi connectivity index (χ0v) is 9.12. The molecule has 0 N–H and O–H groups in total. The molecule has 0 radical (unpaired) electrons. The molecule has 0 heterocycles. The maximum atomic E-state index is 13.3. The molecule has 7 heteroatoms. The van der Waals surface area contributed by atoms with E-state index in [1.54, 1.807) is 0 Å². The van der Waals surface area contributed by atoms with Crippen molar-refractivity contribution in [2.24, 2.45) is 0 Å². The number of alkyl halides is 7. The minimum Gasteiger partial charge on any atom is -0.214 e. The molecule has 1 rings (SSSR count). The highest BCUT2D eigenvalue weighted by molar-refractivity contribution is 9.10. The van der Waals surface area contributed by atoms with E-state index in [4.69, 9.17) is 0 Å². The SMILES string of the molecule is FC(F)(F)C(F)(Br)C(F)(F)c1ccccc1. The van der Waals surface area contributed by atoms with Crippen LogP contribution in [0.15, 0.2) is 30.3 Å². The molecule has 0 aromatic heterocycles. The summed E-state index contributed by atoms with van der Waals surface area (Å²) in [6.45, 7) is 0. The number of rotatable bonds is 2. The van der Waals surface area contributed by atoms with E-state index >= 15 is 0 Å². The third-order valence-electron chi connectivity index (χ3n) is 1.89. The third-order valence-corrected chi connectivity index (χ3v) is 2.83. The molecule has 1 atom stereocenters. The van der Waals surface area contributed by atoms with E-state index in [-0.39, 0.29) is 0 Å². The maximum absolute atomic E-state index is 13.3. The lowest BCUT2D eigenvalue weighted by molar-refractivity contribution is -0.262. The highest BCUT2D eigenvalue weighted by Gasteiger charge is 2.70. The summed E-state index contributed by atoms with van der Waals surface area (Å²) < 4.78 is 71.2. The van der Waals surface area contributed by atoms with E-state index in [0.29, 0.717) is 0 Å². The van der Waals surface area contributed by atoms with Gasteiger partial charge >= 0.3 is 16.7 Å². The van der Waals surface area contributed by atoms with Gasteiger partial charge in [0, 0.05) is 5.56 Å². The van der Waals surface area contributed by atoms with Gasteiger partial charge in [-0.1, -0.05) is 30.3 Å². The monoisotopic (exact) mass is 306 g/mol. The van der Waals surface area contributed by atoms with Crippen molar-refractivity contribution in [1.29, 1.82) is 0 Å². The highest BCUT2D eigenvalue weighted by atomic mass is 79.9. The van der Waals surface area contributed by atoms with Crippen LogP contribution in [0.2, 0.25) is 0 Å². The molecule has 90 valence electrons. The average Bonchev–Trinajstić information content (AvgIpc) is 2.17. The minimum absolute atomic E-state index is 0.724. The molecule has 0 nitrogen and oxygen atoms in total. The summed E-state index contributed by atoms with van der Waals surface area (Å²) in [5, 5.41) is 0. The van der Waals surface area contributed by atoms with Gasteiger partial charge in [-0.25, -0.2) is 4.39 Å². The molecular weight excluding hydrogens is 302 g/mol. The Morgan fingerprint density at radius 3 is 1.62 bits per heavy atom. The van der Waals surface area contributed by atoms with Crippen LogP contribution in [0, 0.1) is 0 Å². The van der Waals surface area contributed by atoms with Gasteiger partial charge in [-0.15, -0.1) is 0 Å². The molecule has 0 saturated heterocycles. The molecule has 0 bridgehead atoms. The summed E-state index contributed by atoms with van der Waals surface area (Å²) in [7, 11) is 0. The quantitative estimate of drug-likeness (QED) is 0.561. The van der Waals surface area contributed by atoms with Gasteiger partial charge in [0.05, 0.1) is 0 Å². The van der Waals surface area contributed by atoms with E-state index in [1.165, 1.54) is 22.0 Å². The van der Waals surface area contributed by atoms with Crippen molar-refractivity contribution in [1.82, 2.24) is 0 Å².